The summed E-state index contributed by atoms with van der Waals surface area (Å²) in [5.74, 6) is 3.11. The van der Waals surface area contributed by atoms with Crippen molar-refractivity contribution >= 4 is 0 Å². The molecular weight excluding hydrogens is 438 g/mol. The van der Waals surface area contributed by atoms with Crippen LogP contribution in [0.4, 0.5) is 0 Å². The minimum absolute atomic E-state index is 0.743. The second kappa shape index (κ2) is 9.73. The van der Waals surface area contributed by atoms with Gasteiger partial charge in [-0.25, -0.2) is 4.98 Å². The molecule has 174 valence electrons. The first-order valence-electron chi connectivity index (χ1n) is 11.2. The van der Waals surface area contributed by atoms with Gasteiger partial charge in [-0.3, -0.25) is 9.55 Å². The average molecular weight is 464 g/mol. The molecule has 6 nitrogen and oxygen atoms in total. The van der Waals surface area contributed by atoms with Crippen LogP contribution in [0, 0.1) is 0 Å². The number of methoxy groups -OCH3 is 3. The van der Waals surface area contributed by atoms with Gasteiger partial charge in [0.15, 0.2) is 5.82 Å². The van der Waals surface area contributed by atoms with Crippen LogP contribution in [-0.4, -0.2) is 35.9 Å². The van der Waals surface area contributed by atoms with Crippen LogP contribution < -0.4 is 14.2 Å². The molecule has 0 radical (unpaired) electrons. The molecule has 0 atom stereocenters. The Morgan fingerprint density at radius 2 is 1.14 bits per heavy atom. The van der Waals surface area contributed by atoms with E-state index in [0.29, 0.717) is 0 Å². The van der Waals surface area contributed by atoms with Gasteiger partial charge in [0, 0.05) is 23.0 Å². The van der Waals surface area contributed by atoms with Crippen molar-refractivity contribution in [3.8, 4) is 57.0 Å². The Labute approximate surface area is 204 Å². The Kier molecular flexibility index (Phi) is 6.18. The zero-order chi connectivity index (χ0) is 24.2. The molecule has 3 aromatic carbocycles. The highest BCUT2D eigenvalue weighted by Crippen LogP contribution is 2.39. The number of hydrogen-bond acceptors (Lipinski definition) is 5. The van der Waals surface area contributed by atoms with Crippen LogP contribution >= 0.6 is 0 Å². The zero-order valence-electron chi connectivity index (χ0n) is 19.8. The predicted octanol–water partition coefficient (Wildman–Crippen LogP) is 6.29. The molecule has 0 N–H and O–H groups in total. The summed E-state index contributed by atoms with van der Waals surface area (Å²) in [6.45, 7) is 0. The molecular formula is C29H25N3O3. The molecule has 2 aromatic heterocycles. The molecule has 0 aliphatic carbocycles. The van der Waals surface area contributed by atoms with Crippen molar-refractivity contribution in [2.24, 2.45) is 0 Å². The van der Waals surface area contributed by atoms with Crippen LogP contribution in [0.3, 0.4) is 0 Å². The summed E-state index contributed by atoms with van der Waals surface area (Å²) in [6.07, 6.45) is 1.78. The fourth-order valence-electron chi connectivity index (χ4n) is 4.04. The Hall–Kier alpha value is -4.58. The highest BCUT2D eigenvalue weighted by Gasteiger charge is 2.23. The lowest BCUT2D eigenvalue weighted by Crippen LogP contribution is -2.01. The van der Waals surface area contributed by atoms with E-state index < -0.39 is 0 Å². The average Bonchev–Trinajstić information content (AvgIpc) is 3.34. The second-order valence-electron chi connectivity index (χ2n) is 7.84. The largest absolute Gasteiger partial charge is 0.497 e. The summed E-state index contributed by atoms with van der Waals surface area (Å²) < 4.78 is 18.3. The Morgan fingerprint density at radius 3 is 1.66 bits per heavy atom. The Morgan fingerprint density at radius 1 is 0.600 bits per heavy atom. The smallest absolute Gasteiger partial charge is 0.164 e. The number of hydrogen-bond donors (Lipinski definition) is 0. The van der Waals surface area contributed by atoms with Crippen molar-refractivity contribution in [3.63, 3.8) is 0 Å². The van der Waals surface area contributed by atoms with Gasteiger partial charge >= 0.3 is 0 Å². The van der Waals surface area contributed by atoms with E-state index >= 15 is 0 Å². The van der Waals surface area contributed by atoms with E-state index in [-0.39, 0.29) is 0 Å². The van der Waals surface area contributed by atoms with Crippen LogP contribution in [0.15, 0.2) is 97.2 Å². The Bertz CT molecular complexity index is 1410. The molecule has 35 heavy (non-hydrogen) atoms. The lowest BCUT2D eigenvalue weighted by molar-refractivity contribution is 0.414. The molecule has 0 saturated heterocycles. The summed E-state index contributed by atoms with van der Waals surface area (Å²) in [5.41, 5.74) is 5.49. The van der Waals surface area contributed by atoms with E-state index in [1.165, 1.54) is 0 Å². The molecule has 6 heteroatoms. The summed E-state index contributed by atoms with van der Waals surface area (Å²) in [5, 5.41) is 0. The topological polar surface area (TPSA) is 58.4 Å². The number of imidazole rings is 1. The quantitative estimate of drug-likeness (QED) is 0.284. The third-order valence-corrected chi connectivity index (χ3v) is 5.83. The van der Waals surface area contributed by atoms with Gasteiger partial charge in [0.2, 0.25) is 0 Å². The predicted molar refractivity (Wildman–Crippen MR) is 137 cm³/mol. The maximum absolute atomic E-state index is 5.40. The van der Waals surface area contributed by atoms with Gasteiger partial charge in [0.25, 0.3) is 0 Å². The third kappa shape index (κ3) is 4.34. The minimum atomic E-state index is 0.743. The molecule has 0 spiro atoms. The molecule has 0 amide bonds. The molecule has 0 saturated carbocycles. The monoisotopic (exact) mass is 463 g/mol. The fraction of sp³-hybridized carbons (Fsp3) is 0.103. The zero-order valence-corrected chi connectivity index (χ0v) is 19.8. The summed E-state index contributed by atoms with van der Waals surface area (Å²) >= 11 is 0. The highest BCUT2D eigenvalue weighted by molar-refractivity contribution is 5.84. The van der Waals surface area contributed by atoms with Crippen molar-refractivity contribution in [3.05, 3.63) is 97.2 Å². The molecule has 0 unspecified atom stereocenters. The normalized spacial score (nSPS) is 10.7. The van der Waals surface area contributed by atoms with Gasteiger partial charge in [0.1, 0.15) is 22.9 Å². The molecule has 5 rings (SSSR count). The van der Waals surface area contributed by atoms with Crippen molar-refractivity contribution in [1.29, 1.82) is 0 Å². The molecule has 0 aliphatic heterocycles. The van der Waals surface area contributed by atoms with Crippen molar-refractivity contribution in [2.45, 2.75) is 0 Å². The van der Waals surface area contributed by atoms with Gasteiger partial charge in [-0.1, -0.05) is 6.07 Å². The highest BCUT2D eigenvalue weighted by atomic mass is 16.5. The fourth-order valence-corrected chi connectivity index (χ4v) is 4.04. The lowest BCUT2D eigenvalue weighted by Gasteiger charge is -2.14. The molecule has 5 aromatic rings. The standard InChI is InChI=1S/C29H25N3O3/c1-33-23-13-7-20(8-14-23)27-28(21-9-15-24(34-2)16-10-21)32(22-11-17-25(35-3)18-12-22)29(31-27)26-6-4-5-19-30-26/h4-19H,1-3H3. The van der Waals surface area contributed by atoms with Crippen LogP contribution in [0.5, 0.6) is 17.2 Å². The number of rotatable bonds is 7. The van der Waals surface area contributed by atoms with Gasteiger partial charge < -0.3 is 14.2 Å². The van der Waals surface area contributed by atoms with Crippen LogP contribution in [0.1, 0.15) is 0 Å². The second-order valence-corrected chi connectivity index (χ2v) is 7.84. The van der Waals surface area contributed by atoms with Crippen LogP contribution in [0.2, 0.25) is 0 Å². The molecule has 2 heterocycles. The number of ether oxygens (including phenoxy) is 3. The maximum Gasteiger partial charge on any atom is 0.164 e. The first-order chi connectivity index (χ1) is 17.2. The van der Waals surface area contributed by atoms with Gasteiger partial charge in [-0.2, -0.15) is 0 Å². The molecule has 0 bridgehead atoms. The number of aromatic nitrogens is 3. The number of benzene rings is 3. The SMILES string of the molecule is COc1ccc(-c2nc(-c3ccccn3)n(-c3ccc(OC)cc3)c2-c2ccc(OC)cc2)cc1. The third-order valence-electron chi connectivity index (χ3n) is 5.83. The van der Waals surface area contributed by atoms with Crippen molar-refractivity contribution < 1.29 is 14.2 Å². The van der Waals surface area contributed by atoms with Crippen LogP contribution in [0.25, 0.3) is 39.7 Å². The van der Waals surface area contributed by atoms with E-state index in [2.05, 4.69) is 9.55 Å². The number of pyridine rings is 1. The van der Waals surface area contributed by atoms with E-state index in [1.54, 1.807) is 27.5 Å². The van der Waals surface area contributed by atoms with Crippen molar-refractivity contribution in [1.82, 2.24) is 14.5 Å². The van der Waals surface area contributed by atoms with Gasteiger partial charge in [0.05, 0.1) is 32.7 Å². The van der Waals surface area contributed by atoms with Crippen molar-refractivity contribution in [2.75, 3.05) is 21.3 Å². The van der Waals surface area contributed by atoms with E-state index in [0.717, 1.165) is 57.0 Å². The number of nitrogens with zero attached hydrogens (tertiary/aromatic N) is 3. The van der Waals surface area contributed by atoms with Crippen LogP contribution in [-0.2, 0) is 0 Å². The van der Waals surface area contributed by atoms with Gasteiger partial charge in [-0.15, -0.1) is 0 Å². The Balaban J connectivity index is 1.82. The van der Waals surface area contributed by atoms with E-state index in [9.17, 15) is 0 Å². The molecule has 0 fully saturated rings. The lowest BCUT2D eigenvalue weighted by atomic mass is 10.0. The minimum Gasteiger partial charge on any atom is -0.497 e. The van der Waals surface area contributed by atoms with Gasteiger partial charge in [-0.05, 0) is 84.9 Å². The van der Waals surface area contributed by atoms with E-state index in [1.807, 2.05) is 91.0 Å². The molecule has 0 aliphatic rings. The first-order valence-corrected chi connectivity index (χ1v) is 11.2. The summed E-state index contributed by atoms with van der Waals surface area (Å²) in [4.78, 5) is 9.76. The first kappa shape index (κ1) is 22.2. The summed E-state index contributed by atoms with van der Waals surface area (Å²) in [7, 11) is 4.99. The maximum atomic E-state index is 5.40. The van der Waals surface area contributed by atoms with E-state index in [4.69, 9.17) is 19.2 Å². The summed E-state index contributed by atoms with van der Waals surface area (Å²) in [6, 6.07) is 29.7.